The van der Waals surface area contributed by atoms with E-state index in [0.717, 1.165) is 29.8 Å². The summed E-state index contributed by atoms with van der Waals surface area (Å²) in [7, 11) is 0. The van der Waals surface area contributed by atoms with Crippen LogP contribution in [0.15, 0.2) is 12.1 Å². The van der Waals surface area contributed by atoms with Gasteiger partial charge in [0.2, 0.25) is 0 Å². The molecule has 92 valence electrons. The zero-order valence-electron chi connectivity index (χ0n) is 10.6. The van der Waals surface area contributed by atoms with Crippen LogP contribution in [-0.2, 0) is 0 Å². The van der Waals surface area contributed by atoms with Gasteiger partial charge < -0.3 is 10.0 Å². The van der Waals surface area contributed by atoms with E-state index in [1.165, 1.54) is 19.3 Å². The van der Waals surface area contributed by atoms with E-state index in [2.05, 4.69) is 4.90 Å². The van der Waals surface area contributed by atoms with Gasteiger partial charge in [0.1, 0.15) is 11.6 Å². The van der Waals surface area contributed by atoms with Gasteiger partial charge in [-0.15, -0.1) is 0 Å². The first-order chi connectivity index (χ1) is 8.09. The zero-order chi connectivity index (χ0) is 12.4. The Morgan fingerprint density at radius 2 is 1.65 bits per heavy atom. The molecule has 0 aromatic heterocycles. The predicted molar refractivity (Wildman–Crippen MR) is 69.8 cm³/mol. The van der Waals surface area contributed by atoms with Crippen molar-refractivity contribution in [3.8, 4) is 5.75 Å². The number of rotatable bonds is 1. The van der Waals surface area contributed by atoms with E-state index in [0.29, 0.717) is 11.6 Å². The summed E-state index contributed by atoms with van der Waals surface area (Å²) < 4.78 is 0. The van der Waals surface area contributed by atoms with Crippen molar-refractivity contribution in [2.75, 3.05) is 13.1 Å². The fraction of sp³-hybridized carbons (Fsp3) is 0.500. The minimum atomic E-state index is 0.347. The third-order valence-electron chi connectivity index (χ3n) is 3.44. The first kappa shape index (κ1) is 12.0. The Kier molecular flexibility index (Phi) is 3.36. The number of amidine groups is 1. The maximum absolute atomic E-state index is 9.74. The van der Waals surface area contributed by atoms with Crippen LogP contribution in [0.1, 0.15) is 36.0 Å². The van der Waals surface area contributed by atoms with E-state index in [1.54, 1.807) is 0 Å². The summed E-state index contributed by atoms with van der Waals surface area (Å²) >= 11 is 0. The van der Waals surface area contributed by atoms with Crippen molar-refractivity contribution >= 4 is 5.84 Å². The van der Waals surface area contributed by atoms with Crippen LogP contribution in [-0.4, -0.2) is 28.9 Å². The highest BCUT2D eigenvalue weighted by Gasteiger charge is 2.16. The Morgan fingerprint density at radius 3 is 2.18 bits per heavy atom. The van der Waals surface area contributed by atoms with Crippen LogP contribution in [0.25, 0.3) is 0 Å². The third kappa shape index (κ3) is 2.43. The van der Waals surface area contributed by atoms with E-state index in [1.807, 2.05) is 26.0 Å². The van der Waals surface area contributed by atoms with Gasteiger partial charge in [0.25, 0.3) is 0 Å². The summed E-state index contributed by atoms with van der Waals surface area (Å²) in [5.74, 6) is 0.941. The Labute approximate surface area is 103 Å². The van der Waals surface area contributed by atoms with E-state index in [-0.39, 0.29) is 0 Å². The smallest absolute Gasteiger partial charge is 0.128 e. The molecule has 0 saturated carbocycles. The molecule has 1 aromatic rings. The number of phenols is 1. The Hall–Kier alpha value is -1.51. The lowest BCUT2D eigenvalue weighted by molar-refractivity contribution is 0.341. The van der Waals surface area contributed by atoms with Crippen LogP contribution in [0.4, 0.5) is 0 Å². The topological polar surface area (TPSA) is 47.3 Å². The molecule has 0 aliphatic carbocycles. The molecule has 0 unspecified atom stereocenters. The molecule has 0 amide bonds. The average Bonchev–Trinajstić information content (AvgIpc) is 2.35. The summed E-state index contributed by atoms with van der Waals surface area (Å²) in [4.78, 5) is 2.13. The van der Waals surface area contributed by atoms with Crippen LogP contribution in [0.3, 0.4) is 0 Å². The molecule has 3 nitrogen and oxygen atoms in total. The molecule has 1 heterocycles. The summed E-state index contributed by atoms with van der Waals surface area (Å²) in [5.41, 5.74) is 2.61. The minimum absolute atomic E-state index is 0.347. The second-order valence-electron chi connectivity index (χ2n) is 4.85. The molecule has 1 fully saturated rings. The highest BCUT2D eigenvalue weighted by Crippen LogP contribution is 2.24. The number of likely N-dealkylation sites (tertiary alicyclic amines) is 1. The van der Waals surface area contributed by atoms with E-state index < -0.39 is 0 Å². The molecule has 2 rings (SSSR count). The van der Waals surface area contributed by atoms with Gasteiger partial charge in [-0.2, -0.15) is 0 Å². The minimum Gasteiger partial charge on any atom is -0.507 e. The van der Waals surface area contributed by atoms with Crippen LogP contribution in [0, 0.1) is 19.3 Å². The summed E-state index contributed by atoms with van der Waals surface area (Å²) in [5, 5.41) is 18.0. The quantitative estimate of drug-likeness (QED) is 0.577. The molecule has 0 bridgehead atoms. The van der Waals surface area contributed by atoms with Gasteiger partial charge in [-0.25, -0.2) is 0 Å². The number of aromatic hydroxyl groups is 1. The number of nitrogens with zero attached hydrogens (tertiary/aromatic N) is 1. The molecule has 1 saturated heterocycles. The third-order valence-corrected chi connectivity index (χ3v) is 3.44. The van der Waals surface area contributed by atoms with Crippen molar-refractivity contribution < 1.29 is 5.11 Å². The van der Waals surface area contributed by atoms with E-state index in [4.69, 9.17) is 5.41 Å². The fourth-order valence-electron chi connectivity index (χ4n) is 2.39. The standard InChI is InChI=1S/C14H20N2O/c1-10-8-12(9-11(2)13(10)17)14(15)16-6-4-3-5-7-16/h8-9,15,17H,3-7H2,1-2H3. The number of benzene rings is 1. The molecule has 1 aliphatic rings. The molecule has 17 heavy (non-hydrogen) atoms. The summed E-state index contributed by atoms with van der Waals surface area (Å²) in [6.45, 7) is 5.74. The second kappa shape index (κ2) is 4.78. The lowest BCUT2D eigenvalue weighted by Crippen LogP contribution is -2.35. The van der Waals surface area contributed by atoms with Gasteiger partial charge in [0.15, 0.2) is 0 Å². The molecule has 1 aliphatic heterocycles. The molecule has 0 spiro atoms. The van der Waals surface area contributed by atoms with Gasteiger partial charge in [-0.1, -0.05) is 0 Å². The molecular formula is C14H20N2O. The highest BCUT2D eigenvalue weighted by atomic mass is 16.3. The zero-order valence-corrected chi connectivity index (χ0v) is 10.6. The van der Waals surface area contributed by atoms with Gasteiger partial charge in [-0.05, 0) is 56.4 Å². The first-order valence-electron chi connectivity index (χ1n) is 6.23. The van der Waals surface area contributed by atoms with Crippen molar-refractivity contribution in [3.63, 3.8) is 0 Å². The summed E-state index contributed by atoms with van der Waals surface area (Å²) in [6, 6.07) is 3.80. The molecule has 3 heteroatoms. The van der Waals surface area contributed by atoms with Crippen LogP contribution in [0.2, 0.25) is 0 Å². The Morgan fingerprint density at radius 1 is 1.12 bits per heavy atom. The van der Waals surface area contributed by atoms with Crippen molar-refractivity contribution in [1.82, 2.24) is 4.90 Å². The number of hydrogen-bond donors (Lipinski definition) is 2. The monoisotopic (exact) mass is 232 g/mol. The predicted octanol–water partition coefficient (Wildman–Crippen LogP) is 2.82. The van der Waals surface area contributed by atoms with Gasteiger partial charge in [0.05, 0.1) is 0 Å². The molecule has 2 N–H and O–H groups in total. The number of phenolic OH excluding ortho intramolecular Hbond substituents is 1. The van der Waals surface area contributed by atoms with Crippen LogP contribution >= 0.6 is 0 Å². The highest BCUT2D eigenvalue weighted by molar-refractivity contribution is 5.97. The largest absolute Gasteiger partial charge is 0.507 e. The first-order valence-corrected chi connectivity index (χ1v) is 6.23. The molecule has 1 aromatic carbocycles. The normalized spacial score (nSPS) is 16.0. The number of piperidine rings is 1. The SMILES string of the molecule is Cc1cc(C(=N)N2CCCCC2)cc(C)c1O. The van der Waals surface area contributed by atoms with E-state index in [9.17, 15) is 5.11 Å². The second-order valence-corrected chi connectivity index (χ2v) is 4.85. The maximum Gasteiger partial charge on any atom is 0.128 e. The van der Waals surface area contributed by atoms with Crippen molar-refractivity contribution in [2.24, 2.45) is 0 Å². The van der Waals surface area contributed by atoms with Crippen LogP contribution in [0.5, 0.6) is 5.75 Å². The molecule has 0 atom stereocenters. The molecular weight excluding hydrogens is 212 g/mol. The number of aryl methyl sites for hydroxylation is 2. The number of nitrogens with one attached hydrogen (secondary N) is 1. The lowest BCUT2D eigenvalue weighted by atomic mass is 10.0. The number of hydrogen-bond acceptors (Lipinski definition) is 2. The fourth-order valence-corrected chi connectivity index (χ4v) is 2.39. The van der Waals surface area contributed by atoms with Crippen molar-refractivity contribution in [3.05, 3.63) is 28.8 Å². The van der Waals surface area contributed by atoms with Gasteiger partial charge in [-0.3, -0.25) is 5.41 Å². The van der Waals surface area contributed by atoms with E-state index >= 15 is 0 Å². The van der Waals surface area contributed by atoms with Crippen molar-refractivity contribution in [1.29, 1.82) is 5.41 Å². The van der Waals surface area contributed by atoms with Gasteiger partial charge >= 0.3 is 0 Å². The Balaban J connectivity index is 2.24. The van der Waals surface area contributed by atoms with Crippen molar-refractivity contribution in [2.45, 2.75) is 33.1 Å². The Bertz CT molecular complexity index is 411. The molecule has 0 radical (unpaired) electrons. The van der Waals surface area contributed by atoms with Gasteiger partial charge in [0, 0.05) is 18.7 Å². The average molecular weight is 232 g/mol. The maximum atomic E-state index is 9.74. The lowest BCUT2D eigenvalue weighted by Gasteiger charge is -2.29. The summed E-state index contributed by atoms with van der Waals surface area (Å²) in [6.07, 6.45) is 3.63. The van der Waals surface area contributed by atoms with Crippen LogP contribution < -0.4 is 0 Å².